The third kappa shape index (κ3) is 4.34. The molecule has 2 heterocycles. The zero-order valence-corrected chi connectivity index (χ0v) is 29.2. The van der Waals surface area contributed by atoms with E-state index in [0.29, 0.717) is 17.5 Å². The highest BCUT2D eigenvalue weighted by atomic mass is 15.0. The zero-order chi connectivity index (χ0) is 35.0. The lowest BCUT2D eigenvalue weighted by molar-refractivity contribution is 0.794. The van der Waals surface area contributed by atoms with E-state index in [2.05, 4.69) is 153 Å². The van der Waals surface area contributed by atoms with Crippen molar-refractivity contribution in [2.75, 3.05) is 0 Å². The van der Waals surface area contributed by atoms with Crippen LogP contribution in [-0.2, 0) is 5.41 Å². The van der Waals surface area contributed by atoms with Crippen molar-refractivity contribution in [1.82, 2.24) is 19.9 Å². The van der Waals surface area contributed by atoms with Crippen LogP contribution in [0.15, 0.2) is 152 Å². The molecule has 0 bridgehead atoms. The van der Waals surface area contributed by atoms with Crippen LogP contribution < -0.4 is 0 Å². The maximum absolute atomic E-state index is 5.35. The van der Waals surface area contributed by atoms with E-state index < -0.39 is 5.41 Å². The van der Waals surface area contributed by atoms with Crippen molar-refractivity contribution in [2.24, 2.45) is 0 Å². The minimum Gasteiger partial charge on any atom is -0.258 e. The topological polar surface area (TPSA) is 51.6 Å². The van der Waals surface area contributed by atoms with E-state index in [0.717, 1.165) is 50.3 Å². The van der Waals surface area contributed by atoms with Gasteiger partial charge in [0.25, 0.3) is 0 Å². The van der Waals surface area contributed by atoms with E-state index in [1.165, 1.54) is 38.9 Å². The first-order valence-corrected chi connectivity index (χ1v) is 17.8. The fourth-order valence-electron chi connectivity index (χ4n) is 8.81. The number of aryl methyl sites for hydroxylation is 3. The molecular formula is C48H34N4. The average Bonchev–Trinajstić information content (AvgIpc) is 3.65. The highest BCUT2D eigenvalue weighted by molar-refractivity contribution is 6.01. The molecule has 0 unspecified atom stereocenters. The van der Waals surface area contributed by atoms with Crippen molar-refractivity contribution < 1.29 is 0 Å². The van der Waals surface area contributed by atoms with Crippen molar-refractivity contribution in [3.63, 3.8) is 0 Å². The van der Waals surface area contributed by atoms with Crippen LogP contribution in [0.25, 0.3) is 67.3 Å². The first-order valence-electron chi connectivity index (χ1n) is 17.8. The van der Waals surface area contributed by atoms with Gasteiger partial charge in [0.05, 0.1) is 5.41 Å². The number of pyridine rings is 1. The molecule has 2 aliphatic carbocycles. The van der Waals surface area contributed by atoms with Gasteiger partial charge in [-0.15, -0.1) is 0 Å². The Labute approximate surface area is 303 Å². The van der Waals surface area contributed by atoms with Gasteiger partial charge in [-0.05, 0) is 100 Å². The van der Waals surface area contributed by atoms with E-state index >= 15 is 0 Å². The Balaban J connectivity index is 1.31. The molecule has 10 rings (SSSR count). The maximum Gasteiger partial charge on any atom is 0.164 e. The summed E-state index contributed by atoms with van der Waals surface area (Å²) in [6.45, 7) is 6.12. The van der Waals surface area contributed by atoms with E-state index in [9.17, 15) is 0 Å². The van der Waals surface area contributed by atoms with Crippen molar-refractivity contribution in [3.05, 3.63) is 191 Å². The second kappa shape index (κ2) is 11.5. The highest BCUT2D eigenvalue weighted by Gasteiger charge is 2.52. The Morgan fingerprint density at radius 1 is 0.365 bits per heavy atom. The van der Waals surface area contributed by atoms with Gasteiger partial charge in [-0.25, -0.2) is 15.0 Å². The Hall–Kier alpha value is -6.52. The van der Waals surface area contributed by atoms with Crippen LogP contribution in [0.5, 0.6) is 0 Å². The normalized spacial score (nSPS) is 13.1. The summed E-state index contributed by atoms with van der Waals surface area (Å²) < 4.78 is 0. The number of rotatable bonds is 4. The SMILES string of the molecule is Cc1ccc(-c2cc(-c3nc(C)nc(-c4ccccc4-c4ccccc4)n3)c3c(c2)C2(c4ccccc4-c4ccccc42)c2ccccc2-3)c(C)n1. The predicted octanol–water partition coefficient (Wildman–Crippen LogP) is 11.2. The summed E-state index contributed by atoms with van der Waals surface area (Å²) in [4.78, 5) is 20.3. The molecule has 0 N–H and O–H groups in total. The molecule has 4 nitrogen and oxygen atoms in total. The number of hydrogen-bond acceptors (Lipinski definition) is 4. The van der Waals surface area contributed by atoms with Crippen LogP contribution in [0.2, 0.25) is 0 Å². The summed E-state index contributed by atoms with van der Waals surface area (Å²) in [5.41, 5.74) is 17.9. The molecule has 0 radical (unpaired) electrons. The zero-order valence-electron chi connectivity index (χ0n) is 29.2. The fraction of sp³-hybridized carbons (Fsp3) is 0.0833. The smallest absolute Gasteiger partial charge is 0.164 e. The number of nitrogens with zero attached hydrogens (tertiary/aromatic N) is 4. The minimum atomic E-state index is -0.513. The van der Waals surface area contributed by atoms with E-state index in [-0.39, 0.29) is 0 Å². The number of hydrogen-bond donors (Lipinski definition) is 0. The molecule has 8 aromatic rings. The minimum absolute atomic E-state index is 0.513. The third-order valence-corrected chi connectivity index (χ3v) is 10.9. The quantitative estimate of drug-likeness (QED) is 0.188. The molecule has 2 aromatic heterocycles. The number of fused-ring (bicyclic) bond motifs is 10. The van der Waals surface area contributed by atoms with Crippen molar-refractivity contribution in [3.8, 4) is 67.3 Å². The molecule has 6 aromatic carbocycles. The monoisotopic (exact) mass is 666 g/mol. The molecule has 0 aliphatic heterocycles. The number of benzene rings is 6. The fourth-order valence-corrected chi connectivity index (χ4v) is 8.81. The second-order valence-electron chi connectivity index (χ2n) is 13.9. The molecule has 52 heavy (non-hydrogen) atoms. The van der Waals surface area contributed by atoms with Crippen molar-refractivity contribution in [2.45, 2.75) is 26.2 Å². The van der Waals surface area contributed by atoms with Crippen LogP contribution in [0.1, 0.15) is 39.5 Å². The molecule has 0 saturated heterocycles. The number of aromatic nitrogens is 4. The van der Waals surface area contributed by atoms with Gasteiger partial charge in [0, 0.05) is 28.1 Å². The Morgan fingerprint density at radius 3 is 1.56 bits per heavy atom. The van der Waals surface area contributed by atoms with Gasteiger partial charge >= 0.3 is 0 Å². The summed E-state index contributed by atoms with van der Waals surface area (Å²) in [6.07, 6.45) is 0. The largest absolute Gasteiger partial charge is 0.258 e. The van der Waals surface area contributed by atoms with Gasteiger partial charge in [0.2, 0.25) is 0 Å². The van der Waals surface area contributed by atoms with Crippen LogP contribution in [0.4, 0.5) is 0 Å². The predicted molar refractivity (Wildman–Crippen MR) is 210 cm³/mol. The Bertz CT molecular complexity index is 2680. The van der Waals surface area contributed by atoms with Crippen molar-refractivity contribution in [1.29, 1.82) is 0 Å². The van der Waals surface area contributed by atoms with Crippen LogP contribution in [0, 0.1) is 20.8 Å². The van der Waals surface area contributed by atoms with Crippen molar-refractivity contribution >= 4 is 0 Å². The lowest BCUT2D eigenvalue weighted by Crippen LogP contribution is -2.26. The van der Waals surface area contributed by atoms with Gasteiger partial charge in [-0.1, -0.05) is 133 Å². The molecule has 1 spiro atoms. The van der Waals surface area contributed by atoms with E-state index in [4.69, 9.17) is 19.9 Å². The average molecular weight is 667 g/mol. The molecule has 0 saturated carbocycles. The van der Waals surface area contributed by atoms with Crippen LogP contribution in [0.3, 0.4) is 0 Å². The molecule has 0 atom stereocenters. The summed E-state index contributed by atoms with van der Waals surface area (Å²) >= 11 is 0. The van der Waals surface area contributed by atoms with Gasteiger partial charge in [0.1, 0.15) is 5.82 Å². The lowest BCUT2D eigenvalue weighted by Gasteiger charge is -2.31. The lowest BCUT2D eigenvalue weighted by atomic mass is 9.70. The van der Waals surface area contributed by atoms with Gasteiger partial charge in [0.15, 0.2) is 11.6 Å². The van der Waals surface area contributed by atoms with Gasteiger partial charge in [-0.2, -0.15) is 0 Å². The summed E-state index contributed by atoms with van der Waals surface area (Å²) in [5, 5.41) is 0. The summed E-state index contributed by atoms with van der Waals surface area (Å²) in [5.74, 6) is 1.99. The van der Waals surface area contributed by atoms with E-state index in [1.54, 1.807) is 0 Å². The molecule has 2 aliphatic rings. The molecule has 0 fully saturated rings. The third-order valence-electron chi connectivity index (χ3n) is 10.9. The molecule has 4 heteroatoms. The highest BCUT2D eigenvalue weighted by Crippen LogP contribution is 2.64. The Kier molecular flexibility index (Phi) is 6.71. The first kappa shape index (κ1) is 30.3. The van der Waals surface area contributed by atoms with Crippen LogP contribution >= 0.6 is 0 Å². The van der Waals surface area contributed by atoms with Gasteiger partial charge in [-0.3, -0.25) is 4.98 Å². The first-order chi connectivity index (χ1) is 25.5. The molecular weight excluding hydrogens is 633 g/mol. The maximum atomic E-state index is 5.35. The van der Waals surface area contributed by atoms with Gasteiger partial charge < -0.3 is 0 Å². The summed E-state index contributed by atoms with van der Waals surface area (Å²) in [6, 6.07) is 54.6. The molecule has 0 amide bonds. The van der Waals surface area contributed by atoms with E-state index in [1.807, 2.05) is 19.9 Å². The van der Waals surface area contributed by atoms with Crippen LogP contribution in [-0.4, -0.2) is 19.9 Å². The second-order valence-corrected chi connectivity index (χ2v) is 13.9. The molecule has 246 valence electrons. The Morgan fingerprint density at radius 2 is 0.904 bits per heavy atom. The standard InChI is InChI=1S/C48H34N4/c1-29-25-26-34(30(2)49-29)33-27-40(47-51-31(3)50-46(52-47)38-20-8-7-17-35(38)32-15-5-4-6-16-32)45-39-21-11-14-24-43(39)48(44(45)28-33)41-22-12-9-18-36(41)37-19-10-13-23-42(37)48/h4-28H,1-3H3. The summed E-state index contributed by atoms with van der Waals surface area (Å²) in [7, 11) is 0.